The van der Waals surface area contributed by atoms with Crippen LogP contribution in [0.2, 0.25) is 5.02 Å². The number of nitrogens with zero attached hydrogens (tertiary/aromatic N) is 1. The molecule has 0 radical (unpaired) electrons. The first kappa shape index (κ1) is 15.3. The fourth-order valence-corrected chi connectivity index (χ4v) is 1.89. The summed E-state index contributed by atoms with van der Waals surface area (Å²) in [6.45, 7) is 1.92. The minimum Gasteiger partial charge on any atom is -0.409 e. The summed E-state index contributed by atoms with van der Waals surface area (Å²) in [5.41, 5.74) is 6.21. The van der Waals surface area contributed by atoms with E-state index in [0.717, 1.165) is 5.56 Å². The molecule has 5 nitrogen and oxygen atoms in total. The van der Waals surface area contributed by atoms with Crippen LogP contribution < -0.4 is 11.1 Å². The maximum Gasteiger partial charge on any atom is 0.224 e. The molecule has 1 aromatic carbocycles. The Morgan fingerprint density at radius 2 is 2.21 bits per heavy atom. The van der Waals surface area contributed by atoms with E-state index in [1.807, 2.05) is 25.1 Å². The molecule has 6 heteroatoms. The van der Waals surface area contributed by atoms with Gasteiger partial charge in [0.25, 0.3) is 0 Å². The Hall–Kier alpha value is -1.75. The average Bonchev–Trinajstić information content (AvgIpc) is 2.40. The van der Waals surface area contributed by atoms with Crippen LogP contribution >= 0.6 is 11.6 Å². The molecule has 104 valence electrons. The van der Waals surface area contributed by atoms with E-state index >= 15 is 0 Å². The highest BCUT2D eigenvalue weighted by atomic mass is 35.5. The number of rotatable bonds is 6. The Kier molecular flexibility index (Phi) is 6.15. The number of carbonyl (C=O) groups is 1. The van der Waals surface area contributed by atoms with Crippen LogP contribution in [-0.4, -0.2) is 23.0 Å². The van der Waals surface area contributed by atoms with Crippen LogP contribution in [0.1, 0.15) is 25.3 Å². The van der Waals surface area contributed by atoms with Gasteiger partial charge in [0.2, 0.25) is 5.91 Å². The summed E-state index contributed by atoms with van der Waals surface area (Å²) in [6.07, 6.45) is 1.23. The smallest absolute Gasteiger partial charge is 0.224 e. The molecule has 19 heavy (non-hydrogen) atoms. The lowest BCUT2D eigenvalue weighted by Crippen LogP contribution is -2.38. The van der Waals surface area contributed by atoms with E-state index in [1.54, 1.807) is 6.07 Å². The quantitative estimate of drug-likeness (QED) is 0.322. The lowest BCUT2D eigenvalue weighted by Gasteiger charge is -2.16. The molecule has 0 aliphatic rings. The molecule has 0 saturated heterocycles. The molecule has 0 aliphatic carbocycles. The van der Waals surface area contributed by atoms with Crippen LogP contribution in [-0.2, 0) is 11.2 Å². The lowest BCUT2D eigenvalue weighted by atomic mass is 10.1. The van der Waals surface area contributed by atoms with E-state index < -0.39 is 0 Å². The summed E-state index contributed by atoms with van der Waals surface area (Å²) in [4.78, 5) is 11.9. The molecule has 1 unspecified atom stereocenters. The Labute approximate surface area is 117 Å². The first-order chi connectivity index (χ1) is 9.06. The molecule has 0 fully saturated rings. The molecule has 0 aromatic heterocycles. The largest absolute Gasteiger partial charge is 0.409 e. The van der Waals surface area contributed by atoms with Crippen molar-refractivity contribution in [2.45, 2.75) is 32.2 Å². The second-order valence-electron chi connectivity index (χ2n) is 4.24. The predicted molar refractivity (Wildman–Crippen MR) is 75.4 cm³/mol. The third-order valence-electron chi connectivity index (χ3n) is 2.75. The fourth-order valence-electron chi connectivity index (χ4n) is 1.68. The highest BCUT2D eigenvalue weighted by molar-refractivity contribution is 6.31. The number of halogens is 1. The number of amidine groups is 1. The lowest BCUT2D eigenvalue weighted by molar-refractivity contribution is -0.121. The van der Waals surface area contributed by atoms with Gasteiger partial charge in [-0.1, -0.05) is 41.9 Å². The summed E-state index contributed by atoms with van der Waals surface area (Å²) in [5.74, 6) is -0.0319. The molecule has 0 spiro atoms. The summed E-state index contributed by atoms with van der Waals surface area (Å²) < 4.78 is 0. The van der Waals surface area contributed by atoms with Crippen LogP contribution in [0, 0.1) is 0 Å². The Bertz CT molecular complexity index is 463. The fraction of sp³-hybridized carbons (Fsp3) is 0.385. The zero-order valence-corrected chi connectivity index (χ0v) is 11.5. The standard InChI is InChI=1S/C13H18ClN3O2/c1-2-10(8-12(15)17-19)16-13(18)7-9-5-3-4-6-11(9)14/h3-6,10,19H,2,7-8H2,1H3,(H2,15,17)(H,16,18). The second-order valence-corrected chi connectivity index (χ2v) is 4.64. The Balaban J connectivity index is 2.57. The van der Waals surface area contributed by atoms with Crippen LogP contribution in [0.5, 0.6) is 0 Å². The predicted octanol–water partition coefficient (Wildman–Crippen LogP) is 1.91. The number of oxime groups is 1. The first-order valence-corrected chi connectivity index (χ1v) is 6.43. The van der Waals surface area contributed by atoms with Crippen molar-refractivity contribution in [2.75, 3.05) is 0 Å². The third kappa shape index (κ3) is 5.18. The SMILES string of the molecule is CCC(CC(N)=NO)NC(=O)Cc1ccccc1Cl. The zero-order valence-electron chi connectivity index (χ0n) is 10.8. The van der Waals surface area contributed by atoms with Crippen molar-refractivity contribution >= 4 is 23.3 Å². The molecule has 0 saturated carbocycles. The van der Waals surface area contributed by atoms with E-state index in [2.05, 4.69) is 10.5 Å². The van der Waals surface area contributed by atoms with Crippen molar-refractivity contribution in [3.8, 4) is 0 Å². The molecule has 0 heterocycles. The number of nitrogens with two attached hydrogens (primary N) is 1. The minimum atomic E-state index is -0.147. The Morgan fingerprint density at radius 1 is 1.53 bits per heavy atom. The molecule has 0 bridgehead atoms. The highest BCUT2D eigenvalue weighted by Gasteiger charge is 2.13. The van der Waals surface area contributed by atoms with Crippen LogP contribution in [0.4, 0.5) is 0 Å². The van der Waals surface area contributed by atoms with Gasteiger partial charge in [-0.15, -0.1) is 0 Å². The van der Waals surface area contributed by atoms with Gasteiger partial charge in [-0.2, -0.15) is 0 Å². The number of amides is 1. The van der Waals surface area contributed by atoms with Gasteiger partial charge >= 0.3 is 0 Å². The maximum absolute atomic E-state index is 11.9. The first-order valence-electron chi connectivity index (χ1n) is 6.06. The summed E-state index contributed by atoms with van der Waals surface area (Å²) in [6, 6.07) is 7.06. The van der Waals surface area contributed by atoms with Gasteiger partial charge in [0.15, 0.2) is 0 Å². The van der Waals surface area contributed by atoms with Crippen LogP contribution in [0.3, 0.4) is 0 Å². The molecule has 0 aliphatic heterocycles. The number of hydrogen-bond acceptors (Lipinski definition) is 3. The maximum atomic E-state index is 11.9. The molecular formula is C13H18ClN3O2. The van der Waals surface area contributed by atoms with E-state index in [4.69, 9.17) is 22.5 Å². The molecule has 4 N–H and O–H groups in total. The second kappa shape index (κ2) is 7.63. The number of carbonyl (C=O) groups excluding carboxylic acids is 1. The molecule has 1 amide bonds. The van der Waals surface area contributed by atoms with Crippen molar-refractivity contribution in [3.05, 3.63) is 34.9 Å². The van der Waals surface area contributed by atoms with E-state index in [-0.39, 0.29) is 24.2 Å². The summed E-state index contributed by atoms with van der Waals surface area (Å²) in [5, 5.41) is 14.8. The molecule has 1 atom stereocenters. The van der Waals surface area contributed by atoms with Crippen molar-refractivity contribution in [1.29, 1.82) is 0 Å². The van der Waals surface area contributed by atoms with E-state index in [9.17, 15) is 4.79 Å². The zero-order chi connectivity index (χ0) is 14.3. The molecule has 1 aromatic rings. The number of hydrogen-bond donors (Lipinski definition) is 3. The third-order valence-corrected chi connectivity index (χ3v) is 3.12. The Morgan fingerprint density at radius 3 is 2.79 bits per heavy atom. The average molecular weight is 284 g/mol. The van der Waals surface area contributed by atoms with Gasteiger partial charge in [0.05, 0.1) is 6.42 Å². The topological polar surface area (TPSA) is 87.7 Å². The van der Waals surface area contributed by atoms with Gasteiger partial charge in [-0.3, -0.25) is 4.79 Å². The van der Waals surface area contributed by atoms with Gasteiger partial charge in [-0.25, -0.2) is 0 Å². The van der Waals surface area contributed by atoms with E-state index in [1.165, 1.54) is 0 Å². The van der Waals surface area contributed by atoms with Gasteiger partial charge in [-0.05, 0) is 18.1 Å². The minimum absolute atomic E-state index is 0.102. The van der Waals surface area contributed by atoms with Gasteiger partial charge in [0, 0.05) is 17.5 Å². The van der Waals surface area contributed by atoms with E-state index in [0.29, 0.717) is 17.9 Å². The van der Waals surface area contributed by atoms with Crippen molar-refractivity contribution in [2.24, 2.45) is 10.9 Å². The monoisotopic (exact) mass is 283 g/mol. The summed E-state index contributed by atoms with van der Waals surface area (Å²) in [7, 11) is 0. The van der Waals surface area contributed by atoms with Crippen molar-refractivity contribution in [1.82, 2.24) is 5.32 Å². The van der Waals surface area contributed by atoms with Crippen LogP contribution in [0.25, 0.3) is 0 Å². The number of nitrogens with one attached hydrogen (secondary N) is 1. The normalized spacial score (nSPS) is 13.1. The van der Waals surface area contributed by atoms with Crippen LogP contribution in [0.15, 0.2) is 29.4 Å². The summed E-state index contributed by atoms with van der Waals surface area (Å²) >= 11 is 5.99. The van der Waals surface area contributed by atoms with Gasteiger partial charge in [0.1, 0.15) is 5.84 Å². The molecule has 1 rings (SSSR count). The highest BCUT2D eigenvalue weighted by Crippen LogP contribution is 2.15. The van der Waals surface area contributed by atoms with Gasteiger partial charge < -0.3 is 16.3 Å². The number of benzene rings is 1. The molecular weight excluding hydrogens is 266 g/mol. The van der Waals surface area contributed by atoms with Crippen molar-refractivity contribution < 1.29 is 10.0 Å². The van der Waals surface area contributed by atoms with Crippen molar-refractivity contribution in [3.63, 3.8) is 0 Å².